The molecule has 1 aromatic carbocycles. The SMILES string of the molecule is CCNCC(CC)Cc1ccc(Cl)c(Cl)c1. The van der Waals surface area contributed by atoms with Gasteiger partial charge in [-0.3, -0.25) is 0 Å². The predicted octanol–water partition coefficient (Wildman–Crippen LogP) is 4.17. The maximum absolute atomic E-state index is 6.00. The summed E-state index contributed by atoms with van der Waals surface area (Å²) >= 11 is 11.9. The molecule has 0 aliphatic rings. The number of rotatable bonds is 6. The van der Waals surface area contributed by atoms with Gasteiger partial charge in [-0.25, -0.2) is 0 Å². The molecule has 0 fully saturated rings. The van der Waals surface area contributed by atoms with Gasteiger partial charge in [0, 0.05) is 0 Å². The van der Waals surface area contributed by atoms with Crippen LogP contribution in [0.1, 0.15) is 25.8 Å². The summed E-state index contributed by atoms with van der Waals surface area (Å²) in [7, 11) is 0. The normalized spacial score (nSPS) is 12.8. The third-order valence-corrected chi connectivity index (χ3v) is 3.51. The zero-order valence-electron chi connectivity index (χ0n) is 9.89. The highest BCUT2D eigenvalue weighted by Gasteiger charge is 2.08. The fourth-order valence-electron chi connectivity index (χ4n) is 1.71. The predicted molar refractivity (Wildman–Crippen MR) is 72.5 cm³/mol. The minimum Gasteiger partial charge on any atom is -0.317 e. The second-order valence-electron chi connectivity index (χ2n) is 4.03. The van der Waals surface area contributed by atoms with Crippen LogP contribution in [0.15, 0.2) is 18.2 Å². The summed E-state index contributed by atoms with van der Waals surface area (Å²) < 4.78 is 0. The Balaban J connectivity index is 2.59. The molecule has 1 aromatic rings. The van der Waals surface area contributed by atoms with Crippen LogP contribution in [0.2, 0.25) is 10.0 Å². The smallest absolute Gasteiger partial charge is 0.0595 e. The van der Waals surface area contributed by atoms with E-state index in [4.69, 9.17) is 23.2 Å². The van der Waals surface area contributed by atoms with Gasteiger partial charge in [-0.2, -0.15) is 0 Å². The lowest BCUT2D eigenvalue weighted by molar-refractivity contribution is 0.467. The van der Waals surface area contributed by atoms with Crippen LogP contribution in [0.4, 0.5) is 0 Å². The van der Waals surface area contributed by atoms with E-state index in [0.717, 1.165) is 19.5 Å². The Hall–Kier alpha value is -0.240. The highest BCUT2D eigenvalue weighted by Crippen LogP contribution is 2.24. The van der Waals surface area contributed by atoms with Crippen molar-refractivity contribution in [3.05, 3.63) is 33.8 Å². The first-order chi connectivity index (χ1) is 7.67. The first-order valence-corrected chi connectivity index (χ1v) is 6.57. The minimum absolute atomic E-state index is 0.630. The van der Waals surface area contributed by atoms with Crippen molar-refractivity contribution in [3.63, 3.8) is 0 Å². The van der Waals surface area contributed by atoms with Gasteiger partial charge >= 0.3 is 0 Å². The molecule has 1 unspecified atom stereocenters. The topological polar surface area (TPSA) is 12.0 Å². The summed E-state index contributed by atoms with van der Waals surface area (Å²) in [5.41, 5.74) is 1.26. The van der Waals surface area contributed by atoms with Gasteiger partial charge in [0.05, 0.1) is 10.0 Å². The van der Waals surface area contributed by atoms with Crippen LogP contribution in [0.25, 0.3) is 0 Å². The molecule has 1 nitrogen and oxygen atoms in total. The van der Waals surface area contributed by atoms with Crippen LogP contribution < -0.4 is 5.32 Å². The van der Waals surface area contributed by atoms with E-state index in [9.17, 15) is 0 Å². The van der Waals surface area contributed by atoms with Crippen LogP contribution in [0.3, 0.4) is 0 Å². The van der Waals surface area contributed by atoms with Crippen molar-refractivity contribution in [2.24, 2.45) is 5.92 Å². The summed E-state index contributed by atoms with van der Waals surface area (Å²) in [5.74, 6) is 0.664. The molecule has 3 heteroatoms. The van der Waals surface area contributed by atoms with Crippen LogP contribution >= 0.6 is 23.2 Å². The maximum atomic E-state index is 6.00. The summed E-state index contributed by atoms with van der Waals surface area (Å²) in [6.07, 6.45) is 2.23. The van der Waals surface area contributed by atoms with E-state index < -0.39 is 0 Å². The maximum Gasteiger partial charge on any atom is 0.0595 e. The Morgan fingerprint density at radius 1 is 1.19 bits per heavy atom. The molecule has 0 saturated carbocycles. The molecule has 1 N–H and O–H groups in total. The van der Waals surface area contributed by atoms with E-state index in [-0.39, 0.29) is 0 Å². The highest BCUT2D eigenvalue weighted by atomic mass is 35.5. The zero-order chi connectivity index (χ0) is 12.0. The Morgan fingerprint density at radius 2 is 1.94 bits per heavy atom. The second kappa shape index (κ2) is 7.16. The third kappa shape index (κ3) is 4.32. The monoisotopic (exact) mass is 259 g/mol. The molecule has 0 saturated heterocycles. The summed E-state index contributed by atoms with van der Waals surface area (Å²) in [6.45, 7) is 6.44. The molecule has 16 heavy (non-hydrogen) atoms. The molecule has 1 atom stereocenters. The van der Waals surface area contributed by atoms with Crippen molar-refractivity contribution in [1.29, 1.82) is 0 Å². The Morgan fingerprint density at radius 3 is 2.50 bits per heavy atom. The number of nitrogens with one attached hydrogen (secondary N) is 1. The van der Waals surface area contributed by atoms with Crippen molar-refractivity contribution >= 4 is 23.2 Å². The fourth-order valence-corrected chi connectivity index (χ4v) is 2.03. The van der Waals surface area contributed by atoms with Gasteiger partial charge in [-0.05, 0) is 43.1 Å². The fraction of sp³-hybridized carbons (Fsp3) is 0.538. The van der Waals surface area contributed by atoms with Crippen molar-refractivity contribution < 1.29 is 0 Å². The number of hydrogen-bond donors (Lipinski definition) is 1. The lowest BCUT2D eigenvalue weighted by Gasteiger charge is -2.15. The number of halogens is 2. The van der Waals surface area contributed by atoms with Crippen molar-refractivity contribution in [2.75, 3.05) is 13.1 Å². The Kier molecular flexibility index (Phi) is 6.18. The van der Waals surface area contributed by atoms with Crippen LogP contribution in [0.5, 0.6) is 0 Å². The molecule has 0 amide bonds. The average Bonchev–Trinajstić information content (AvgIpc) is 2.29. The average molecular weight is 260 g/mol. The van der Waals surface area contributed by atoms with Crippen LogP contribution in [-0.4, -0.2) is 13.1 Å². The number of hydrogen-bond acceptors (Lipinski definition) is 1. The lowest BCUT2D eigenvalue weighted by atomic mass is 9.97. The van der Waals surface area contributed by atoms with E-state index in [1.807, 2.05) is 12.1 Å². The third-order valence-electron chi connectivity index (χ3n) is 2.77. The molecule has 0 bridgehead atoms. The quantitative estimate of drug-likeness (QED) is 0.809. The van der Waals surface area contributed by atoms with Crippen LogP contribution in [-0.2, 0) is 6.42 Å². The van der Waals surface area contributed by atoms with E-state index in [1.165, 1.54) is 12.0 Å². The summed E-state index contributed by atoms with van der Waals surface area (Å²) in [5, 5.41) is 4.67. The van der Waals surface area contributed by atoms with Crippen molar-refractivity contribution in [3.8, 4) is 0 Å². The van der Waals surface area contributed by atoms with Gasteiger partial charge < -0.3 is 5.32 Å². The van der Waals surface area contributed by atoms with E-state index in [2.05, 4.69) is 25.2 Å². The van der Waals surface area contributed by atoms with E-state index in [0.29, 0.717) is 16.0 Å². The van der Waals surface area contributed by atoms with E-state index >= 15 is 0 Å². The molecule has 90 valence electrons. The summed E-state index contributed by atoms with van der Waals surface area (Å²) in [6, 6.07) is 5.90. The highest BCUT2D eigenvalue weighted by molar-refractivity contribution is 6.42. The standard InChI is InChI=1S/C13H19Cl2N/c1-3-10(9-16-4-2)7-11-5-6-12(14)13(15)8-11/h5-6,8,10,16H,3-4,7,9H2,1-2H3. The van der Waals surface area contributed by atoms with Gasteiger partial charge in [-0.15, -0.1) is 0 Å². The van der Waals surface area contributed by atoms with Crippen molar-refractivity contribution in [1.82, 2.24) is 5.32 Å². The molecule has 0 aliphatic heterocycles. The molecule has 0 heterocycles. The molecule has 0 spiro atoms. The molecule has 1 rings (SSSR count). The molecule has 0 aliphatic carbocycles. The van der Waals surface area contributed by atoms with Gasteiger partial charge in [-0.1, -0.05) is 49.5 Å². The molecular weight excluding hydrogens is 241 g/mol. The summed E-state index contributed by atoms with van der Waals surface area (Å²) in [4.78, 5) is 0. The molecule has 0 aromatic heterocycles. The van der Waals surface area contributed by atoms with Gasteiger partial charge in [0.1, 0.15) is 0 Å². The van der Waals surface area contributed by atoms with Gasteiger partial charge in [0.2, 0.25) is 0 Å². The Bertz CT molecular complexity index is 326. The minimum atomic E-state index is 0.630. The first-order valence-electron chi connectivity index (χ1n) is 5.82. The zero-order valence-corrected chi connectivity index (χ0v) is 11.4. The molecular formula is C13H19Cl2N. The van der Waals surface area contributed by atoms with Crippen molar-refractivity contribution in [2.45, 2.75) is 26.7 Å². The second-order valence-corrected chi connectivity index (χ2v) is 4.85. The largest absolute Gasteiger partial charge is 0.317 e. The van der Waals surface area contributed by atoms with Gasteiger partial charge in [0.25, 0.3) is 0 Å². The first kappa shape index (κ1) is 13.8. The number of benzene rings is 1. The molecule has 0 radical (unpaired) electrons. The Labute approximate surface area is 108 Å². The lowest BCUT2D eigenvalue weighted by Crippen LogP contribution is -2.23. The van der Waals surface area contributed by atoms with E-state index in [1.54, 1.807) is 0 Å². The van der Waals surface area contributed by atoms with Crippen LogP contribution in [0, 0.1) is 5.92 Å². The van der Waals surface area contributed by atoms with Gasteiger partial charge in [0.15, 0.2) is 0 Å².